The first-order chi connectivity index (χ1) is 13.7. The van der Waals surface area contributed by atoms with Gasteiger partial charge in [-0.05, 0) is 12.1 Å². The molecule has 4 rings (SSSR count). The number of benzene rings is 2. The molecule has 4 aromatic rings. The highest BCUT2D eigenvalue weighted by molar-refractivity contribution is 5.77. The zero-order valence-electron chi connectivity index (χ0n) is 14.8. The molecule has 8 heteroatoms. The van der Waals surface area contributed by atoms with E-state index in [2.05, 4.69) is 15.1 Å². The fraction of sp³-hybridized carbons (Fsp3) is 0.150. The lowest BCUT2D eigenvalue weighted by molar-refractivity contribution is -0.146. The Labute approximate surface area is 159 Å². The minimum atomic E-state index is -0.473. The minimum Gasteiger partial charge on any atom is -0.456 e. The second kappa shape index (κ2) is 7.83. The van der Waals surface area contributed by atoms with Gasteiger partial charge in [-0.25, -0.2) is 4.98 Å². The van der Waals surface area contributed by atoms with E-state index in [0.29, 0.717) is 16.7 Å². The Morgan fingerprint density at radius 2 is 1.86 bits per heavy atom. The lowest BCUT2D eigenvalue weighted by atomic mass is 10.2. The molecule has 0 radical (unpaired) electrons. The third-order valence-corrected chi connectivity index (χ3v) is 4.15. The van der Waals surface area contributed by atoms with Crippen LogP contribution in [0, 0.1) is 0 Å². The van der Waals surface area contributed by atoms with Gasteiger partial charge in [0.05, 0.1) is 23.7 Å². The van der Waals surface area contributed by atoms with Gasteiger partial charge in [0, 0.05) is 12.1 Å². The van der Waals surface area contributed by atoms with Gasteiger partial charge in [-0.2, -0.15) is 4.98 Å². The number of para-hydroxylation sites is 1. The second-order valence-corrected chi connectivity index (χ2v) is 6.05. The molecule has 0 fully saturated rings. The monoisotopic (exact) mass is 376 g/mol. The van der Waals surface area contributed by atoms with E-state index < -0.39 is 5.97 Å². The molecule has 0 spiro atoms. The zero-order chi connectivity index (χ0) is 19.3. The standard InChI is InChI=1S/C20H16N4O4/c25-18(10-11-24-13-21-16-9-5-4-8-15(16)20(24)26)27-12-17-22-19(23-28-17)14-6-2-1-3-7-14/h1-9,13H,10-12H2. The first-order valence-corrected chi connectivity index (χ1v) is 8.68. The third-order valence-electron chi connectivity index (χ3n) is 4.15. The van der Waals surface area contributed by atoms with Crippen molar-refractivity contribution in [1.29, 1.82) is 0 Å². The Morgan fingerprint density at radius 1 is 1.07 bits per heavy atom. The van der Waals surface area contributed by atoms with Crippen LogP contribution in [0.3, 0.4) is 0 Å². The summed E-state index contributed by atoms with van der Waals surface area (Å²) in [6, 6.07) is 16.4. The van der Waals surface area contributed by atoms with Crippen LogP contribution < -0.4 is 5.56 Å². The summed E-state index contributed by atoms with van der Waals surface area (Å²) < 4.78 is 11.6. The summed E-state index contributed by atoms with van der Waals surface area (Å²) in [7, 11) is 0. The van der Waals surface area contributed by atoms with Gasteiger partial charge >= 0.3 is 5.97 Å². The van der Waals surface area contributed by atoms with E-state index >= 15 is 0 Å². The van der Waals surface area contributed by atoms with Crippen LogP contribution in [0.5, 0.6) is 0 Å². The number of aromatic nitrogens is 4. The van der Waals surface area contributed by atoms with Gasteiger partial charge in [-0.15, -0.1) is 0 Å². The van der Waals surface area contributed by atoms with Crippen LogP contribution in [-0.2, 0) is 22.7 Å². The highest BCUT2D eigenvalue weighted by atomic mass is 16.6. The molecule has 2 heterocycles. The SMILES string of the molecule is O=C(CCn1cnc2ccccc2c1=O)OCc1nc(-c2ccccc2)no1. The molecule has 8 nitrogen and oxygen atoms in total. The van der Waals surface area contributed by atoms with Crippen molar-refractivity contribution in [2.24, 2.45) is 0 Å². The van der Waals surface area contributed by atoms with Crippen LogP contribution in [0.2, 0.25) is 0 Å². The van der Waals surface area contributed by atoms with Crippen molar-refractivity contribution in [1.82, 2.24) is 19.7 Å². The maximum atomic E-state index is 12.4. The quantitative estimate of drug-likeness (QED) is 0.477. The van der Waals surface area contributed by atoms with Crippen LogP contribution in [-0.4, -0.2) is 25.7 Å². The number of carbonyl (C=O) groups excluding carboxylic acids is 1. The molecule has 2 aromatic heterocycles. The summed E-state index contributed by atoms with van der Waals surface area (Å²) in [5, 5.41) is 4.38. The molecule has 0 saturated heterocycles. The van der Waals surface area contributed by atoms with Gasteiger partial charge in [0.2, 0.25) is 5.82 Å². The second-order valence-electron chi connectivity index (χ2n) is 6.05. The predicted octanol–water partition coefficient (Wildman–Crippen LogP) is 2.58. The van der Waals surface area contributed by atoms with Crippen molar-refractivity contribution in [3.8, 4) is 11.4 Å². The molecule has 0 N–H and O–H groups in total. The van der Waals surface area contributed by atoms with E-state index in [1.165, 1.54) is 10.9 Å². The molecule has 0 aliphatic carbocycles. The predicted molar refractivity (Wildman–Crippen MR) is 100 cm³/mol. The molecule has 0 bridgehead atoms. The van der Waals surface area contributed by atoms with Crippen molar-refractivity contribution in [2.45, 2.75) is 19.6 Å². The molecule has 2 aromatic carbocycles. The van der Waals surface area contributed by atoms with Gasteiger partial charge in [0.15, 0.2) is 6.61 Å². The van der Waals surface area contributed by atoms with Crippen LogP contribution in [0.1, 0.15) is 12.3 Å². The Kier molecular flexibility index (Phi) is 4.92. The largest absolute Gasteiger partial charge is 0.456 e. The number of hydrogen-bond acceptors (Lipinski definition) is 7. The number of ether oxygens (including phenoxy) is 1. The van der Waals surface area contributed by atoms with Crippen LogP contribution in [0.15, 0.2) is 70.2 Å². The van der Waals surface area contributed by atoms with Crippen molar-refractivity contribution in [2.75, 3.05) is 0 Å². The molecular weight excluding hydrogens is 360 g/mol. The molecule has 28 heavy (non-hydrogen) atoms. The van der Waals surface area contributed by atoms with E-state index in [9.17, 15) is 9.59 Å². The van der Waals surface area contributed by atoms with E-state index in [0.717, 1.165) is 5.56 Å². The number of hydrogen-bond donors (Lipinski definition) is 0. The number of esters is 1. The smallest absolute Gasteiger partial charge is 0.308 e. The number of nitrogens with zero attached hydrogens (tertiary/aromatic N) is 4. The summed E-state index contributed by atoms with van der Waals surface area (Å²) >= 11 is 0. The Bertz CT molecular complexity index is 1170. The van der Waals surface area contributed by atoms with E-state index in [-0.39, 0.29) is 31.0 Å². The van der Waals surface area contributed by atoms with Gasteiger partial charge in [-0.1, -0.05) is 47.6 Å². The molecule has 0 unspecified atom stereocenters. The molecule has 140 valence electrons. The van der Waals surface area contributed by atoms with Crippen LogP contribution >= 0.6 is 0 Å². The first kappa shape index (κ1) is 17.6. The third kappa shape index (κ3) is 3.80. The zero-order valence-corrected chi connectivity index (χ0v) is 14.8. The van der Waals surface area contributed by atoms with E-state index in [4.69, 9.17) is 9.26 Å². The molecule has 0 aliphatic heterocycles. The number of carbonyl (C=O) groups is 1. The average molecular weight is 376 g/mol. The van der Waals surface area contributed by atoms with Crippen molar-refractivity contribution in [3.63, 3.8) is 0 Å². The molecular formula is C20H16N4O4. The molecule has 0 atom stereocenters. The van der Waals surface area contributed by atoms with Crippen molar-refractivity contribution >= 4 is 16.9 Å². The van der Waals surface area contributed by atoms with Gasteiger partial charge < -0.3 is 9.26 Å². The van der Waals surface area contributed by atoms with Gasteiger partial charge in [0.25, 0.3) is 11.4 Å². The number of aryl methyl sites for hydroxylation is 1. The normalized spacial score (nSPS) is 10.9. The summed E-state index contributed by atoms with van der Waals surface area (Å²) in [6.07, 6.45) is 1.46. The Hall–Kier alpha value is -3.81. The summed E-state index contributed by atoms with van der Waals surface area (Å²) in [6.45, 7) is 0.0537. The highest BCUT2D eigenvalue weighted by Crippen LogP contribution is 2.15. The van der Waals surface area contributed by atoms with E-state index in [1.54, 1.807) is 18.2 Å². The fourth-order valence-electron chi connectivity index (χ4n) is 2.71. The average Bonchev–Trinajstić information content (AvgIpc) is 3.22. The van der Waals surface area contributed by atoms with Crippen LogP contribution in [0.4, 0.5) is 0 Å². The molecule has 0 aliphatic rings. The summed E-state index contributed by atoms with van der Waals surface area (Å²) in [5.41, 5.74) is 1.24. The Balaban J connectivity index is 1.34. The lowest BCUT2D eigenvalue weighted by Crippen LogP contribution is -2.22. The maximum Gasteiger partial charge on any atom is 0.308 e. The first-order valence-electron chi connectivity index (χ1n) is 8.68. The minimum absolute atomic E-state index is 0.0274. The fourth-order valence-corrected chi connectivity index (χ4v) is 2.71. The van der Waals surface area contributed by atoms with Crippen molar-refractivity contribution in [3.05, 3.63) is 77.2 Å². The Morgan fingerprint density at radius 3 is 2.71 bits per heavy atom. The topological polar surface area (TPSA) is 100 Å². The molecule has 0 saturated carbocycles. The number of fused-ring (bicyclic) bond motifs is 1. The van der Waals surface area contributed by atoms with Crippen LogP contribution in [0.25, 0.3) is 22.3 Å². The lowest BCUT2D eigenvalue weighted by Gasteiger charge is -2.06. The highest BCUT2D eigenvalue weighted by Gasteiger charge is 2.12. The summed E-state index contributed by atoms with van der Waals surface area (Å²) in [4.78, 5) is 32.8. The van der Waals surface area contributed by atoms with E-state index in [1.807, 2.05) is 36.4 Å². The number of rotatable bonds is 6. The van der Waals surface area contributed by atoms with Gasteiger partial charge in [-0.3, -0.25) is 14.2 Å². The van der Waals surface area contributed by atoms with Gasteiger partial charge in [0.1, 0.15) is 0 Å². The van der Waals surface area contributed by atoms with Crippen molar-refractivity contribution < 1.29 is 14.1 Å². The molecule has 0 amide bonds. The maximum absolute atomic E-state index is 12.4. The summed E-state index contributed by atoms with van der Waals surface area (Å²) in [5.74, 6) is 0.164.